The monoisotopic (exact) mass is 288 g/mol. The summed E-state index contributed by atoms with van der Waals surface area (Å²) in [7, 11) is 0. The molecule has 2 aromatic carbocycles. The molecular formula is C15H13ClN2O2. The largest absolute Gasteiger partial charge is 0.410 e. The molecule has 3 N–H and O–H groups in total. The van der Waals surface area contributed by atoms with Gasteiger partial charge in [0.15, 0.2) is 0 Å². The minimum Gasteiger partial charge on any atom is -0.410 e. The van der Waals surface area contributed by atoms with Crippen molar-refractivity contribution in [2.75, 3.05) is 11.9 Å². The van der Waals surface area contributed by atoms with Crippen molar-refractivity contribution in [3.05, 3.63) is 47.5 Å². The van der Waals surface area contributed by atoms with E-state index >= 15 is 0 Å². The molecule has 1 heterocycles. The van der Waals surface area contributed by atoms with E-state index in [2.05, 4.69) is 5.32 Å². The second kappa shape index (κ2) is 5.06. The molecule has 0 fully saturated rings. The van der Waals surface area contributed by atoms with Crippen LogP contribution in [0.3, 0.4) is 0 Å². The van der Waals surface area contributed by atoms with Crippen molar-refractivity contribution < 1.29 is 9.53 Å². The molecule has 20 heavy (non-hydrogen) atoms. The van der Waals surface area contributed by atoms with Crippen LogP contribution < -0.4 is 15.8 Å². The molecule has 2 aromatic rings. The first-order valence-corrected chi connectivity index (χ1v) is 6.68. The van der Waals surface area contributed by atoms with E-state index in [1.165, 1.54) is 5.54 Å². The Balaban J connectivity index is 2.25. The maximum absolute atomic E-state index is 11.0. The summed E-state index contributed by atoms with van der Waals surface area (Å²) >= 11 is 5.71. The van der Waals surface area contributed by atoms with E-state index in [0.717, 1.165) is 28.6 Å². The van der Waals surface area contributed by atoms with Gasteiger partial charge in [-0.05, 0) is 10.9 Å². The smallest absolute Gasteiger partial charge is 0.409 e. The Morgan fingerprint density at radius 3 is 2.85 bits per heavy atom. The summed E-state index contributed by atoms with van der Waals surface area (Å²) in [5.41, 5.74) is 8.76. The highest BCUT2D eigenvalue weighted by Gasteiger charge is 2.24. The molecule has 0 bridgehead atoms. The molecular weight excluding hydrogens is 276 g/mol. The number of amides is 1. The summed E-state index contributed by atoms with van der Waals surface area (Å²) in [5.74, 6) is 0.671. The molecule has 0 aromatic heterocycles. The van der Waals surface area contributed by atoms with Crippen molar-refractivity contribution >= 4 is 34.2 Å². The van der Waals surface area contributed by atoms with Gasteiger partial charge in [-0.2, -0.15) is 0 Å². The summed E-state index contributed by atoms with van der Waals surface area (Å²) < 4.78 is 5.10. The van der Waals surface area contributed by atoms with Gasteiger partial charge in [0, 0.05) is 35.1 Å². The van der Waals surface area contributed by atoms with Gasteiger partial charge in [0.05, 0.1) is 0 Å². The number of halogens is 1. The highest BCUT2D eigenvalue weighted by molar-refractivity contribution is 6.25. The third kappa shape index (κ3) is 2.08. The lowest BCUT2D eigenvalue weighted by Crippen LogP contribution is -2.16. The zero-order valence-corrected chi connectivity index (χ0v) is 11.4. The fourth-order valence-corrected chi connectivity index (χ4v) is 2.85. The normalized spacial score (nSPS) is 17.1. The molecule has 3 rings (SSSR count). The number of anilines is 1. The number of primary amides is 1. The Labute approximate surface area is 121 Å². The van der Waals surface area contributed by atoms with E-state index in [1.807, 2.05) is 36.4 Å². The average Bonchev–Trinajstić information content (AvgIpc) is 2.82. The molecule has 0 spiro atoms. The van der Waals surface area contributed by atoms with Gasteiger partial charge >= 0.3 is 6.09 Å². The first-order chi connectivity index (χ1) is 9.70. The molecule has 1 unspecified atom stereocenters. The Morgan fingerprint density at radius 1 is 1.40 bits per heavy atom. The summed E-state index contributed by atoms with van der Waals surface area (Å²) in [6.45, 7) is 0.766. The molecule has 4 nitrogen and oxygen atoms in total. The topological polar surface area (TPSA) is 64.4 Å². The zero-order chi connectivity index (χ0) is 14.1. The van der Waals surface area contributed by atoms with Gasteiger partial charge in [-0.15, -0.1) is 0 Å². The second-order valence-electron chi connectivity index (χ2n) is 4.61. The molecule has 0 saturated carbocycles. The van der Waals surface area contributed by atoms with Crippen molar-refractivity contribution in [2.45, 2.75) is 5.92 Å². The van der Waals surface area contributed by atoms with Gasteiger partial charge in [-0.3, -0.25) is 0 Å². The number of carbonyl (C=O) groups excluding carboxylic acids is 1. The highest BCUT2D eigenvalue weighted by atomic mass is 35.5. The van der Waals surface area contributed by atoms with E-state index in [4.69, 9.17) is 22.1 Å². The first kappa shape index (κ1) is 12.8. The quantitative estimate of drug-likeness (QED) is 0.888. The van der Waals surface area contributed by atoms with Gasteiger partial charge in [0.2, 0.25) is 0 Å². The minimum absolute atomic E-state index is 0.204. The standard InChI is InChI=1S/C15H13ClN2O2/c16-6-5-9-8-18-12-7-13(20-15(17)19)10-3-1-2-4-11(10)14(9)12/h1-7,9,18H,8H2,(H2,17,19). The summed E-state index contributed by atoms with van der Waals surface area (Å²) in [4.78, 5) is 11.0. The van der Waals surface area contributed by atoms with Gasteiger partial charge < -0.3 is 15.8 Å². The molecule has 0 radical (unpaired) electrons. The maximum atomic E-state index is 11.0. The molecule has 1 amide bonds. The van der Waals surface area contributed by atoms with Crippen LogP contribution in [0.2, 0.25) is 0 Å². The van der Waals surface area contributed by atoms with Crippen LogP contribution in [0.5, 0.6) is 5.75 Å². The van der Waals surface area contributed by atoms with Crippen molar-refractivity contribution in [3.63, 3.8) is 0 Å². The van der Waals surface area contributed by atoms with Gasteiger partial charge in [0.1, 0.15) is 5.75 Å². The third-order valence-electron chi connectivity index (χ3n) is 3.45. The molecule has 1 aliphatic heterocycles. The molecule has 1 atom stereocenters. The molecule has 5 heteroatoms. The molecule has 102 valence electrons. The zero-order valence-electron chi connectivity index (χ0n) is 10.6. The summed E-state index contributed by atoms with van der Waals surface area (Å²) in [5, 5.41) is 5.19. The van der Waals surface area contributed by atoms with Gasteiger partial charge in [-0.25, -0.2) is 4.79 Å². The highest BCUT2D eigenvalue weighted by Crippen LogP contribution is 2.42. The number of fused-ring (bicyclic) bond motifs is 3. The lowest BCUT2D eigenvalue weighted by atomic mass is 9.94. The Kier molecular flexibility index (Phi) is 3.24. The van der Waals surface area contributed by atoms with E-state index in [9.17, 15) is 4.79 Å². The van der Waals surface area contributed by atoms with Crippen LogP contribution in [-0.2, 0) is 0 Å². The van der Waals surface area contributed by atoms with Crippen molar-refractivity contribution in [3.8, 4) is 5.75 Å². The fraction of sp³-hybridized carbons (Fsp3) is 0.133. The van der Waals surface area contributed by atoms with Crippen LogP contribution >= 0.6 is 11.6 Å². The number of nitrogens with one attached hydrogen (secondary N) is 1. The Morgan fingerprint density at radius 2 is 2.15 bits per heavy atom. The van der Waals surface area contributed by atoms with Gasteiger partial charge in [0.25, 0.3) is 0 Å². The maximum Gasteiger partial charge on any atom is 0.409 e. The summed E-state index contributed by atoms with van der Waals surface area (Å²) in [6, 6.07) is 9.58. The van der Waals surface area contributed by atoms with Crippen LogP contribution in [0, 0.1) is 0 Å². The number of rotatable bonds is 2. The Bertz CT molecular complexity index is 712. The fourth-order valence-electron chi connectivity index (χ4n) is 2.68. The van der Waals surface area contributed by atoms with E-state index in [-0.39, 0.29) is 5.92 Å². The van der Waals surface area contributed by atoms with E-state index < -0.39 is 6.09 Å². The van der Waals surface area contributed by atoms with Crippen LogP contribution in [0.1, 0.15) is 11.5 Å². The number of hydrogen-bond donors (Lipinski definition) is 2. The molecule has 1 aliphatic rings. The van der Waals surface area contributed by atoms with Crippen molar-refractivity contribution in [1.82, 2.24) is 0 Å². The van der Waals surface area contributed by atoms with Crippen LogP contribution in [-0.4, -0.2) is 12.6 Å². The number of ether oxygens (including phenoxy) is 1. The number of hydrogen-bond acceptors (Lipinski definition) is 3. The van der Waals surface area contributed by atoms with Crippen molar-refractivity contribution in [1.29, 1.82) is 0 Å². The van der Waals surface area contributed by atoms with Gasteiger partial charge in [-0.1, -0.05) is 41.9 Å². The Hall–Kier alpha value is -2.20. The predicted octanol–water partition coefficient (Wildman–Crippen LogP) is 3.56. The first-order valence-electron chi connectivity index (χ1n) is 6.24. The summed E-state index contributed by atoms with van der Waals surface area (Å²) in [6.07, 6.45) is 1.13. The molecule has 0 saturated heterocycles. The van der Waals surface area contributed by atoms with Crippen LogP contribution in [0.4, 0.5) is 10.5 Å². The SMILES string of the molecule is NC(=O)Oc1cc2c(c3ccccc13)C(C=CCl)CN2. The van der Waals surface area contributed by atoms with Crippen molar-refractivity contribution in [2.24, 2.45) is 5.73 Å². The second-order valence-corrected chi connectivity index (χ2v) is 4.86. The van der Waals surface area contributed by atoms with Crippen LogP contribution in [0.25, 0.3) is 10.8 Å². The number of benzene rings is 2. The number of carbonyl (C=O) groups is 1. The minimum atomic E-state index is -0.815. The van der Waals surface area contributed by atoms with E-state index in [0.29, 0.717) is 5.75 Å². The van der Waals surface area contributed by atoms with E-state index in [1.54, 1.807) is 0 Å². The van der Waals surface area contributed by atoms with Crippen LogP contribution in [0.15, 0.2) is 41.9 Å². The molecule has 0 aliphatic carbocycles. The number of nitrogens with two attached hydrogens (primary N) is 1. The predicted molar refractivity (Wildman–Crippen MR) is 80.4 cm³/mol. The average molecular weight is 289 g/mol. The third-order valence-corrected chi connectivity index (χ3v) is 3.59. The lowest BCUT2D eigenvalue weighted by molar-refractivity contribution is 0.211. The lowest BCUT2D eigenvalue weighted by Gasteiger charge is -2.12.